The predicted molar refractivity (Wildman–Crippen MR) is 66.6 cm³/mol. The van der Waals surface area contributed by atoms with Crippen molar-refractivity contribution in [1.82, 2.24) is 15.2 Å². The number of carbonyl (C=O) groups is 1. The van der Waals surface area contributed by atoms with E-state index >= 15 is 0 Å². The molecule has 0 spiro atoms. The number of rotatable bonds is 4. The number of anilines is 2. The maximum atomic E-state index is 11.5. The number of aromatic nitrogens is 3. The van der Waals surface area contributed by atoms with Crippen LogP contribution in [0.1, 0.15) is 6.92 Å². The third-order valence-electron chi connectivity index (χ3n) is 2.07. The van der Waals surface area contributed by atoms with E-state index in [1.54, 1.807) is 24.3 Å². The van der Waals surface area contributed by atoms with Gasteiger partial charge in [-0.25, -0.2) is 9.89 Å². The zero-order valence-corrected chi connectivity index (χ0v) is 9.80. The molecule has 7 heteroatoms. The smallest absolute Gasteiger partial charge is 0.326 e. The van der Waals surface area contributed by atoms with Gasteiger partial charge in [0.1, 0.15) is 12.1 Å². The minimum atomic E-state index is -0.393. The summed E-state index contributed by atoms with van der Waals surface area (Å²) in [4.78, 5) is 15.3. The first-order valence-corrected chi connectivity index (χ1v) is 5.44. The number of benzene rings is 1. The van der Waals surface area contributed by atoms with Crippen molar-refractivity contribution in [2.45, 2.75) is 6.92 Å². The van der Waals surface area contributed by atoms with E-state index in [0.29, 0.717) is 18.2 Å². The fourth-order valence-corrected chi connectivity index (χ4v) is 1.34. The Bertz CT molecular complexity index is 495. The average molecular weight is 247 g/mol. The molecule has 0 saturated carbocycles. The summed E-state index contributed by atoms with van der Waals surface area (Å²) in [6, 6.07) is 6.69. The average Bonchev–Trinajstić information content (AvgIpc) is 2.84. The first-order valence-electron chi connectivity index (χ1n) is 5.44. The molecule has 0 atom stereocenters. The highest BCUT2D eigenvalue weighted by Gasteiger charge is 2.04. The highest BCUT2D eigenvalue weighted by molar-refractivity contribution is 5.98. The van der Waals surface area contributed by atoms with Gasteiger partial charge in [0.25, 0.3) is 0 Å². The zero-order chi connectivity index (χ0) is 12.8. The number of hydrogen-bond acceptors (Lipinski definition) is 4. The molecular weight excluding hydrogens is 234 g/mol. The summed E-state index contributed by atoms with van der Waals surface area (Å²) in [5.74, 6) is 1.05. The first-order chi connectivity index (χ1) is 8.78. The Morgan fingerprint density at radius 3 is 2.72 bits per heavy atom. The summed E-state index contributed by atoms with van der Waals surface area (Å²) < 4.78 is 5.30. The maximum Gasteiger partial charge on any atom is 0.326 e. The van der Waals surface area contributed by atoms with Gasteiger partial charge in [-0.1, -0.05) is 0 Å². The van der Waals surface area contributed by atoms with Crippen molar-refractivity contribution in [2.75, 3.05) is 17.2 Å². The summed E-state index contributed by atoms with van der Waals surface area (Å²) >= 11 is 0. The number of nitrogens with zero attached hydrogens (tertiary/aromatic N) is 2. The normalized spacial score (nSPS) is 9.83. The topological polar surface area (TPSA) is 91.9 Å². The highest BCUT2D eigenvalue weighted by atomic mass is 16.5. The second-order valence-corrected chi connectivity index (χ2v) is 3.37. The van der Waals surface area contributed by atoms with Crippen LogP contribution in [-0.4, -0.2) is 27.8 Å². The third-order valence-corrected chi connectivity index (χ3v) is 2.07. The highest BCUT2D eigenvalue weighted by Crippen LogP contribution is 2.15. The van der Waals surface area contributed by atoms with Gasteiger partial charge in [0, 0.05) is 5.69 Å². The van der Waals surface area contributed by atoms with Crippen LogP contribution in [-0.2, 0) is 0 Å². The van der Waals surface area contributed by atoms with Crippen molar-refractivity contribution >= 4 is 17.7 Å². The minimum Gasteiger partial charge on any atom is -0.494 e. The SMILES string of the molecule is CCOc1ccc(NC(=O)Nc2ncn[nH]2)cc1. The summed E-state index contributed by atoms with van der Waals surface area (Å²) in [6.45, 7) is 2.52. The van der Waals surface area contributed by atoms with E-state index in [-0.39, 0.29) is 0 Å². The molecule has 0 aliphatic heterocycles. The predicted octanol–water partition coefficient (Wildman–Crippen LogP) is 1.85. The van der Waals surface area contributed by atoms with Crippen LogP contribution >= 0.6 is 0 Å². The van der Waals surface area contributed by atoms with Gasteiger partial charge in [-0.3, -0.25) is 5.32 Å². The molecule has 94 valence electrons. The van der Waals surface area contributed by atoms with Crippen LogP contribution in [0.5, 0.6) is 5.75 Å². The van der Waals surface area contributed by atoms with Gasteiger partial charge in [0.05, 0.1) is 6.61 Å². The van der Waals surface area contributed by atoms with E-state index in [0.717, 1.165) is 5.75 Å². The molecule has 0 aliphatic rings. The Hall–Kier alpha value is -2.57. The van der Waals surface area contributed by atoms with E-state index in [2.05, 4.69) is 25.8 Å². The molecule has 1 aromatic carbocycles. The molecule has 0 radical (unpaired) electrons. The lowest BCUT2D eigenvalue weighted by Crippen LogP contribution is -2.20. The molecule has 7 nitrogen and oxygen atoms in total. The van der Waals surface area contributed by atoms with Gasteiger partial charge in [0.2, 0.25) is 5.95 Å². The number of nitrogens with one attached hydrogen (secondary N) is 3. The first kappa shape index (κ1) is 11.9. The van der Waals surface area contributed by atoms with E-state index < -0.39 is 6.03 Å². The Morgan fingerprint density at radius 1 is 1.33 bits per heavy atom. The molecule has 0 unspecified atom stereocenters. The molecule has 2 aromatic rings. The summed E-state index contributed by atoms with van der Waals surface area (Å²) in [5, 5.41) is 11.3. The number of urea groups is 1. The van der Waals surface area contributed by atoms with E-state index in [1.807, 2.05) is 6.92 Å². The molecule has 3 N–H and O–H groups in total. The molecule has 2 rings (SSSR count). The van der Waals surface area contributed by atoms with Crippen molar-refractivity contribution in [3.63, 3.8) is 0 Å². The van der Waals surface area contributed by atoms with Crippen LogP contribution in [0.2, 0.25) is 0 Å². The van der Waals surface area contributed by atoms with Gasteiger partial charge < -0.3 is 10.1 Å². The second-order valence-electron chi connectivity index (χ2n) is 3.37. The van der Waals surface area contributed by atoms with Crippen LogP contribution in [0.3, 0.4) is 0 Å². The van der Waals surface area contributed by atoms with Crippen molar-refractivity contribution in [3.8, 4) is 5.75 Å². The largest absolute Gasteiger partial charge is 0.494 e. The standard InChI is InChI=1S/C11H13N5O2/c1-2-18-9-5-3-8(4-6-9)14-11(17)15-10-12-7-13-16-10/h3-7H,2H2,1H3,(H3,12,13,14,15,16,17). The summed E-state index contributed by atoms with van der Waals surface area (Å²) in [6.07, 6.45) is 1.31. The second kappa shape index (κ2) is 5.67. The fraction of sp³-hybridized carbons (Fsp3) is 0.182. The lowest BCUT2D eigenvalue weighted by Gasteiger charge is -2.06. The van der Waals surface area contributed by atoms with Gasteiger partial charge in [-0.05, 0) is 31.2 Å². The Morgan fingerprint density at radius 2 is 2.11 bits per heavy atom. The van der Waals surface area contributed by atoms with Crippen LogP contribution in [0.15, 0.2) is 30.6 Å². The van der Waals surface area contributed by atoms with Crippen LogP contribution in [0.4, 0.5) is 16.4 Å². The summed E-state index contributed by atoms with van der Waals surface area (Å²) in [7, 11) is 0. The lowest BCUT2D eigenvalue weighted by molar-refractivity contribution is 0.262. The Labute approximate surface area is 104 Å². The van der Waals surface area contributed by atoms with Crippen LogP contribution < -0.4 is 15.4 Å². The third kappa shape index (κ3) is 3.21. The van der Waals surface area contributed by atoms with Crippen molar-refractivity contribution < 1.29 is 9.53 Å². The number of H-pyrrole nitrogens is 1. The zero-order valence-electron chi connectivity index (χ0n) is 9.80. The lowest BCUT2D eigenvalue weighted by atomic mass is 10.3. The Kier molecular flexibility index (Phi) is 3.75. The number of aromatic amines is 1. The molecule has 1 heterocycles. The monoisotopic (exact) mass is 247 g/mol. The molecular formula is C11H13N5O2. The molecule has 0 saturated heterocycles. The van der Waals surface area contributed by atoms with Crippen molar-refractivity contribution in [2.24, 2.45) is 0 Å². The molecule has 1 aromatic heterocycles. The molecule has 0 bridgehead atoms. The van der Waals surface area contributed by atoms with Gasteiger partial charge in [-0.15, -0.1) is 0 Å². The summed E-state index contributed by atoms with van der Waals surface area (Å²) in [5.41, 5.74) is 0.662. The number of carbonyl (C=O) groups excluding carboxylic acids is 1. The fourth-order valence-electron chi connectivity index (χ4n) is 1.34. The van der Waals surface area contributed by atoms with Gasteiger partial charge in [0.15, 0.2) is 0 Å². The molecule has 0 aliphatic carbocycles. The molecule has 18 heavy (non-hydrogen) atoms. The number of ether oxygens (including phenoxy) is 1. The molecule has 2 amide bonds. The quantitative estimate of drug-likeness (QED) is 0.768. The van der Waals surface area contributed by atoms with Crippen molar-refractivity contribution in [1.29, 1.82) is 0 Å². The van der Waals surface area contributed by atoms with E-state index in [9.17, 15) is 4.79 Å². The van der Waals surface area contributed by atoms with Gasteiger partial charge in [-0.2, -0.15) is 10.1 Å². The maximum absolute atomic E-state index is 11.5. The number of hydrogen-bond donors (Lipinski definition) is 3. The van der Waals surface area contributed by atoms with E-state index in [4.69, 9.17) is 4.74 Å². The van der Waals surface area contributed by atoms with Crippen LogP contribution in [0, 0.1) is 0 Å². The Balaban J connectivity index is 1.90. The van der Waals surface area contributed by atoms with E-state index in [1.165, 1.54) is 6.33 Å². The molecule has 0 fully saturated rings. The number of amides is 2. The van der Waals surface area contributed by atoms with Crippen LogP contribution in [0.25, 0.3) is 0 Å². The van der Waals surface area contributed by atoms with Gasteiger partial charge >= 0.3 is 6.03 Å². The van der Waals surface area contributed by atoms with Crippen molar-refractivity contribution in [3.05, 3.63) is 30.6 Å². The minimum absolute atomic E-state index is 0.290.